The van der Waals surface area contributed by atoms with Crippen LogP contribution >= 0.6 is 0 Å². The fourth-order valence-corrected chi connectivity index (χ4v) is 0.937. The molecular weight excluding hydrogens is 188 g/mol. The summed E-state index contributed by atoms with van der Waals surface area (Å²) in [5.41, 5.74) is -2.31. The molecule has 1 N–H and O–H groups in total. The molecule has 0 aliphatic heterocycles. The van der Waals surface area contributed by atoms with Crippen LogP contribution < -0.4 is 0 Å². The molecule has 0 amide bonds. The molecule has 1 atom stereocenters. The number of methoxy groups -OCH3 is 2. The predicted molar refractivity (Wildman–Crippen MR) is 48.3 cm³/mol. The highest BCUT2D eigenvalue weighted by molar-refractivity contribution is 6.03. The van der Waals surface area contributed by atoms with Gasteiger partial charge in [0.15, 0.2) is 0 Å². The van der Waals surface area contributed by atoms with Gasteiger partial charge >= 0.3 is 11.9 Å². The zero-order chi connectivity index (χ0) is 11.4. The number of aliphatic hydroxyl groups is 1. The van der Waals surface area contributed by atoms with E-state index in [4.69, 9.17) is 0 Å². The van der Waals surface area contributed by atoms with Crippen molar-refractivity contribution < 1.29 is 24.2 Å². The highest BCUT2D eigenvalue weighted by atomic mass is 16.6. The molecule has 0 saturated heterocycles. The van der Waals surface area contributed by atoms with Crippen LogP contribution in [0, 0.1) is 5.92 Å². The van der Waals surface area contributed by atoms with Crippen molar-refractivity contribution in [2.45, 2.75) is 12.5 Å². The molecule has 0 aromatic rings. The molecule has 0 radical (unpaired) electrons. The van der Waals surface area contributed by atoms with Crippen molar-refractivity contribution in [2.75, 3.05) is 14.2 Å². The van der Waals surface area contributed by atoms with Gasteiger partial charge in [0, 0.05) is 5.92 Å². The molecule has 5 nitrogen and oxygen atoms in total. The van der Waals surface area contributed by atoms with E-state index < -0.39 is 23.5 Å². The summed E-state index contributed by atoms with van der Waals surface area (Å²) in [5, 5.41) is 9.80. The topological polar surface area (TPSA) is 72.8 Å². The molecule has 0 heterocycles. The average Bonchev–Trinajstić information content (AvgIpc) is 2.24. The van der Waals surface area contributed by atoms with Gasteiger partial charge < -0.3 is 14.6 Å². The molecule has 0 saturated carbocycles. The molecule has 0 aliphatic rings. The van der Waals surface area contributed by atoms with Gasteiger partial charge in [-0.15, -0.1) is 6.58 Å². The molecule has 80 valence electrons. The van der Waals surface area contributed by atoms with E-state index >= 15 is 0 Å². The van der Waals surface area contributed by atoms with Gasteiger partial charge in [0.05, 0.1) is 14.2 Å². The second-order valence-electron chi connectivity index (χ2n) is 2.77. The minimum atomic E-state index is -2.31. The zero-order valence-electron chi connectivity index (χ0n) is 8.44. The van der Waals surface area contributed by atoms with Crippen molar-refractivity contribution in [3.05, 3.63) is 12.7 Å². The Morgan fingerprint density at radius 3 is 1.93 bits per heavy atom. The fraction of sp³-hybridized carbons (Fsp3) is 0.556. The van der Waals surface area contributed by atoms with Gasteiger partial charge in [-0.05, 0) is 0 Å². The minimum Gasteiger partial charge on any atom is -0.466 e. The van der Waals surface area contributed by atoms with Crippen LogP contribution in [-0.4, -0.2) is 36.9 Å². The molecule has 0 bridgehead atoms. The van der Waals surface area contributed by atoms with Crippen LogP contribution in [0.3, 0.4) is 0 Å². The third kappa shape index (κ3) is 1.93. The van der Waals surface area contributed by atoms with E-state index in [1.54, 1.807) is 0 Å². The lowest BCUT2D eigenvalue weighted by atomic mass is 9.89. The van der Waals surface area contributed by atoms with E-state index in [-0.39, 0.29) is 0 Å². The largest absolute Gasteiger partial charge is 0.466 e. The normalized spacial score (nSPS) is 12.9. The third-order valence-electron chi connectivity index (χ3n) is 2.01. The lowest BCUT2D eigenvalue weighted by Crippen LogP contribution is -2.52. The van der Waals surface area contributed by atoms with Gasteiger partial charge in [-0.1, -0.05) is 13.0 Å². The molecule has 0 aromatic heterocycles. The molecular formula is C9H14O5. The van der Waals surface area contributed by atoms with Crippen LogP contribution in [0.4, 0.5) is 0 Å². The molecule has 14 heavy (non-hydrogen) atoms. The summed E-state index contributed by atoms with van der Waals surface area (Å²) in [5.74, 6) is -2.91. The first-order chi connectivity index (χ1) is 6.44. The lowest BCUT2D eigenvalue weighted by Gasteiger charge is -2.26. The number of ether oxygens (including phenoxy) is 2. The van der Waals surface area contributed by atoms with Crippen LogP contribution in [-0.2, 0) is 19.1 Å². The van der Waals surface area contributed by atoms with E-state index in [1.165, 1.54) is 13.0 Å². The van der Waals surface area contributed by atoms with Crippen molar-refractivity contribution in [3.8, 4) is 0 Å². The standard InChI is InChI=1S/C9H14O5/c1-5-6(2)9(12,7(10)13-3)8(11)14-4/h5-6,12H,1H2,2-4H3. The minimum absolute atomic E-state index is 0.789. The Balaban J connectivity index is 5.13. The van der Waals surface area contributed by atoms with Crippen LogP contribution in [0.15, 0.2) is 12.7 Å². The Bertz CT molecular complexity index is 230. The summed E-state index contributed by atoms with van der Waals surface area (Å²) >= 11 is 0. The van der Waals surface area contributed by atoms with Gasteiger partial charge in [0.25, 0.3) is 5.60 Å². The van der Waals surface area contributed by atoms with Crippen LogP contribution in [0.2, 0.25) is 0 Å². The van der Waals surface area contributed by atoms with Gasteiger partial charge in [0.2, 0.25) is 0 Å². The Morgan fingerprint density at radius 1 is 1.36 bits per heavy atom. The monoisotopic (exact) mass is 202 g/mol. The predicted octanol–water partition coefficient (Wildman–Crippen LogP) is -0.114. The van der Waals surface area contributed by atoms with Crippen LogP contribution in [0.25, 0.3) is 0 Å². The molecule has 1 unspecified atom stereocenters. The highest BCUT2D eigenvalue weighted by Gasteiger charge is 2.50. The van der Waals surface area contributed by atoms with Gasteiger partial charge in [-0.25, -0.2) is 9.59 Å². The summed E-state index contributed by atoms with van der Waals surface area (Å²) in [6.07, 6.45) is 1.27. The van der Waals surface area contributed by atoms with E-state index in [2.05, 4.69) is 16.1 Å². The zero-order valence-corrected chi connectivity index (χ0v) is 8.44. The van der Waals surface area contributed by atoms with Crippen molar-refractivity contribution >= 4 is 11.9 Å². The molecule has 0 fully saturated rings. The maximum atomic E-state index is 11.2. The fourth-order valence-electron chi connectivity index (χ4n) is 0.937. The van der Waals surface area contributed by atoms with E-state index in [0.717, 1.165) is 14.2 Å². The van der Waals surface area contributed by atoms with Gasteiger partial charge in [-0.3, -0.25) is 0 Å². The number of carbonyl (C=O) groups is 2. The maximum Gasteiger partial charge on any atom is 0.350 e. The molecule has 5 heteroatoms. The number of hydrogen-bond donors (Lipinski definition) is 1. The first kappa shape index (κ1) is 12.6. The highest BCUT2D eigenvalue weighted by Crippen LogP contribution is 2.21. The molecule has 0 spiro atoms. The quantitative estimate of drug-likeness (QED) is 0.391. The lowest BCUT2D eigenvalue weighted by molar-refractivity contribution is -0.184. The van der Waals surface area contributed by atoms with Gasteiger partial charge in [-0.2, -0.15) is 0 Å². The smallest absolute Gasteiger partial charge is 0.350 e. The maximum absolute atomic E-state index is 11.2. The molecule has 0 rings (SSSR count). The second-order valence-corrected chi connectivity index (χ2v) is 2.77. The average molecular weight is 202 g/mol. The number of carbonyl (C=O) groups excluding carboxylic acids is 2. The Hall–Kier alpha value is -1.36. The summed E-state index contributed by atoms with van der Waals surface area (Å²) < 4.78 is 8.65. The summed E-state index contributed by atoms with van der Waals surface area (Å²) in [4.78, 5) is 22.4. The number of esters is 2. The third-order valence-corrected chi connectivity index (χ3v) is 2.01. The number of rotatable bonds is 4. The number of hydrogen-bond acceptors (Lipinski definition) is 5. The van der Waals surface area contributed by atoms with Crippen LogP contribution in [0.1, 0.15) is 6.92 Å². The first-order valence-electron chi connectivity index (χ1n) is 3.96. The van der Waals surface area contributed by atoms with E-state index in [1.807, 2.05) is 0 Å². The van der Waals surface area contributed by atoms with Gasteiger partial charge in [0.1, 0.15) is 0 Å². The summed E-state index contributed by atoms with van der Waals surface area (Å²) in [7, 11) is 2.15. The Labute approximate surface area is 82.3 Å². The second kappa shape index (κ2) is 4.76. The molecule has 0 aliphatic carbocycles. The summed E-state index contributed by atoms with van der Waals surface area (Å²) in [6.45, 7) is 4.84. The Morgan fingerprint density at radius 2 is 1.71 bits per heavy atom. The molecule has 0 aromatic carbocycles. The summed E-state index contributed by atoms with van der Waals surface area (Å²) in [6, 6.07) is 0. The van der Waals surface area contributed by atoms with Crippen molar-refractivity contribution in [3.63, 3.8) is 0 Å². The van der Waals surface area contributed by atoms with Crippen molar-refractivity contribution in [1.82, 2.24) is 0 Å². The Kier molecular flexibility index (Phi) is 4.30. The van der Waals surface area contributed by atoms with E-state index in [0.29, 0.717) is 0 Å². The van der Waals surface area contributed by atoms with Crippen LogP contribution in [0.5, 0.6) is 0 Å². The SMILES string of the molecule is C=CC(C)C(O)(C(=O)OC)C(=O)OC. The van der Waals surface area contributed by atoms with Crippen molar-refractivity contribution in [2.24, 2.45) is 5.92 Å². The van der Waals surface area contributed by atoms with Crippen molar-refractivity contribution in [1.29, 1.82) is 0 Å². The first-order valence-corrected chi connectivity index (χ1v) is 3.96. The van der Waals surface area contributed by atoms with E-state index in [9.17, 15) is 14.7 Å².